The zero-order chi connectivity index (χ0) is 35.8. The van der Waals surface area contributed by atoms with E-state index in [2.05, 4.69) is 80.0 Å². The average molecular weight is 709 g/mol. The highest BCUT2D eigenvalue weighted by atomic mass is 32.1. The van der Waals surface area contributed by atoms with Gasteiger partial charge in [-0.25, -0.2) is 9.97 Å². The number of anilines is 2. The highest BCUT2D eigenvalue weighted by molar-refractivity contribution is 7.18. The van der Waals surface area contributed by atoms with Crippen molar-refractivity contribution in [3.63, 3.8) is 0 Å². The number of alkyl halides is 3. The number of hydrogen-bond acceptors (Lipinski definition) is 8. The number of aryl methyl sites for hydroxylation is 4. The number of benzene rings is 2. The van der Waals surface area contributed by atoms with Crippen LogP contribution in [0.25, 0.3) is 21.1 Å². The molecule has 51 heavy (non-hydrogen) atoms. The maximum atomic E-state index is 12.8. The molecular weight excluding hydrogens is 670 g/mol. The molecule has 7 rings (SSSR count). The Morgan fingerprint density at radius 2 is 1.80 bits per heavy atom. The predicted octanol–water partition coefficient (Wildman–Crippen LogP) is 8.87. The molecule has 2 N–H and O–H groups in total. The van der Waals surface area contributed by atoms with Crippen LogP contribution in [0.2, 0.25) is 0 Å². The minimum atomic E-state index is -4.18. The molecule has 262 valence electrons. The number of thiophene rings is 1. The highest BCUT2D eigenvalue weighted by Crippen LogP contribution is 2.50. The number of hydrogen-bond donors (Lipinski definition) is 2. The third kappa shape index (κ3) is 7.58. The van der Waals surface area contributed by atoms with E-state index in [1.54, 1.807) is 6.07 Å². The van der Waals surface area contributed by atoms with Crippen molar-refractivity contribution in [3.8, 4) is 12.1 Å². The van der Waals surface area contributed by atoms with E-state index in [9.17, 15) is 23.7 Å². The third-order valence-electron chi connectivity index (χ3n) is 10.4. The van der Waals surface area contributed by atoms with Gasteiger partial charge in [-0.05, 0) is 92.5 Å². The molecule has 0 bridgehead atoms. The van der Waals surface area contributed by atoms with Gasteiger partial charge >= 0.3 is 6.18 Å². The molecule has 1 saturated carbocycles. The van der Waals surface area contributed by atoms with E-state index in [0.717, 1.165) is 85.0 Å². The number of fused-ring (bicyclic) bond motifs is 2. The van der Waals surface area contributed by atoms with E-state index in [1.165, 1.54) is 28.8 Å². The standard InChI is InChI=1S/C39H39F3N8S/c1-25-28(22-49-16-11-30(12-17-49)48-36-34-20-32(9-13-39(40,41)42)51-37(34)46-24-45-36)5-8-35-33(25)19-31(21-43)50(35)18-10-27-3-6-29(7-4-27)47-26(2)38(23-44)14-15-38/h3-8,19-20,24,30,47H,2,9-18,22H2,1H3,(H,45,46,48). The Bertz CT molecular complexity index is 2160. The molecular formula is C39H39F3N8S. The normalized spacial score (nSPS) is 16.2. The van der Waals surface area contributed by atoms with Crippen LogP contribution < -0.4 is 10.6 Å². The van der Waals surface area contributed by atoms with Crippen LogP contribution in [0.3, 0.4) is 0 Å². The van der Waals surface area contributed by atoms with Crippen molar-refractivity contribution < 1.29 is 13.2 Å². The maximum absolute atomic E-state index is 12.8. The smallest absolute Gasteiger partial charge is 0.367 e. The first-order chi connectivity index (χ1) is 24.5. The second kappa shape index (κ2) is 14.0. The van der Waals surface area contributed by atoms with Gasteiger partial charge in [-0.3, -0.25) is 4.90 Å². The highest BCUT2D eigenvalue weighted by Gasteiger charge is 2.46. The van der Waals surface area contributed by atoms with E-state index >= 15 is 0 Å². The summed E-state index contributed by atoms with van der Waals surface area (Å²) in [5.41, 5.74) is 6.55. The summed E-state index contributed by atoms with van der Waals surface area (Å²) in [4.78, 5) is 12.5. The molecule has 0 unspecified atom stereocenters. The van der Waals surface area contributed by atoms with Crippen molar-refractivity contribution in [2.24, 2.45) is 5.41 Å². The van der Waals surface area contributed by atoms with Gasteiger partial charge in [-0.15, -0.1) is 11.3 Å². The Morgan fingerprint density at radius 1 is 1.04 bits per heavy atom. The van der Waals surface area contributed by atoms with Crippen LogP contribution in [0.5, 0.6) is 0 Å². The van der Waals surface area contributed by atoms with E-state index in [1.807, 2.05) is 18.2 Å². The van der Waals surface area contributed by atoms with Gasteiger partial charge in [0.05, 0.1) is 16.9 Å². The van der Waals surface area contributed by atoms with Crippen LogP contribution in [-0.2, 0) is 25.9 Å². The third-order valence-corrected chi connectivity index (χ3v) is 11.5. The van der Waals surface area contributed by atoms with E-state index < -0.39 is 18.0 Å². The second-order valence-corrected chi connectivity index (χ2v) is 14.9. The molecule has 0 spiro atoms. The molecule has 2 fully saturated rings. The maximum Gasteiger partial charge on any atom is 0.389 e. The van der Waals surface area contributed by atoms with Gasteiger partial charge in [0.25, 0.3) is 0 Å². The van der Waals surface area contributed by atoms with Crippen molar-refractivity contribution in [2.75, 3.05) is 23.7 Å². The number of nitrogens with one attached hydrogen (secondary N) is 2. The summed E-state index contributed by atoms with van der Waals surface area (Å²) in [7, 11) is 0. The number of piperidine rings is 1. The molecule has 5 aromatic rings. The number of halogens is 3. The number of nitriles is 2. The number of aromatic nitrogens is 3. The van der Waals surface area contributed by atoms with E-state index in [4.69, 9.17) is 0 Å². The first kappa shape index (κ1) is 34.5. The van der Waals surface area contributed by atoms with Gasteiger partial charge in [0.1, 0.15) is 28.7 Å². The molecule has 0 radical (unpaired) electrons. The molecule has 0 amide bonds. The van der Waals surface area contributed by atoms with Crippen molar-refractivity contribution in [3.05, 3.63) is 94.4 Å². The van der Waals surface area contributed by atoms with Gasteiger partial charge < -0.3 is 15.2 Å². The summed E-state index contributed by atoms with van der Waals surface area (Å²) in [6.45, 7) is 9.51. The van der Waals surface area contributed by atoms with Crippen molar-refractivity contribution in [2.45, 2.75) is 77.2 Å². The Morgan fingerprint density at radius 3 is 2.49 bits per heavy atom. The summed E-state index contributed by atoms with van der Waals surface area (Å²) in [5.74, 6) is 0.686. The molecule has 3 aromatic heterocycles. The van der Waals surface area contributed by atoms with Gasteiger partial charge in [0, 0.05) is 65.8 Å². The Hall–Kier alpha value is -4.91. The number of allylic oxidation sites excluding steroid dienone is 1. The van der Waals surface area contributed by atoms with E-state index in [-0.39, 0.29) is 12.5 Å². The Kier molecular flexibility index (Phi) is 9.49. The molecule has 4 heterocycles. The van der Waals surface area contributed by atoms with Crippen LogP contribution in [0.1, 0.15) is 59.4 Å². The van der Waals surface area contributed by atoms with Crippen molar-refractivity contribution in [1.29, 1.82) is 10.5 Å². The zero-order valence-corrected chi connectivity index (χ0v) is 29.3. The summed E-state index contributed by atoms with van der Waals surface area (Å²) in [6.07, 6.45) is 0.715. The summed E-state index contributed by atoms with van der Waals surface area (Å²) < 4.78 is 40.4. The number of nitrogens with zero attached hydrogens (tertiary/aromatic N) is 6. The Labute approximate surface area is 299 Å². The molecule has 2 aliphatic rings. The number of rotatable bonds is 12. The predicted molar refractivity (Wildman–Crippen MR) is 195 cm³/mol. The monoisotopic (exact) mass is 708 g/mol. The van der Waals surface area contributed by atoms with Gasteiger partial charge in [-0.2, -0.15) is 23.7 Å². The first-order valence-corrected chi connectivity index (χ1v) is 18.1. The fourth-order valence-corrected chi connectivity index (χ4v) is 7.99. The minimum Gasteiger partial charge on any atom is -0.367 e. The van der Waals surface area contributed by atoms with Gasteiger partial charge in [0.15, 0.2) is 0 Å². The zero-order valence-electron chi connectivity index (χ0n) is 28.5. The Balaban J connectivity index is 0.955. The minimum absolute atomic E-state index is 0.0490. The lowest BCUT2D eigenvalue weighted by molar-refractivity contribution is -0.133. The lowest BCUT2D eigenvalue weighted by atomic mass is 10.0. The van der Waals surface area contributed by atoms with Gasteiger partial charge in [0.2, 0.25) is 0 Å². The van der Waals surface area contributed by atoms with Gasteiger partial charge in [-0.1, -0.05) is 24.8 Å². The second-order valence-electron chi connectivity index (χ2n) is 13.8. The van der Waals surface area contributed by atoms with E-state index in [0.29, 0.717) is 27.8 Å². The average Bonchev–Trinajstić information content (AvgIpc) is 3.67. The molecule has 8 nitrogen and oxygen atoms in total. The molecule has 0 atom stereocenters. The quantitative estimate of drug-likeness (QED) is 0.133. The summed E-state index contributed by atoms with van der Waals surface area (Å²) in [6, 6.07) is 21.3. The fraction of sp³-hybridized carbons (Fsp3) is 0.385. The molecule has 1 aliphatic heterocycles. The largest absolute Gasteiger partial charge is 0.389 e. The van der Waals surface area contributed by atoms with Crippen LogP contribution in [-0.4, -0.2) is 44.7 Å². The van der Waals surface area contributed by atoms with Crippen LogP contribution in [0.15, 0.2) is 67.1 Å². The van der Waals surface area contributed by atoms with Crippen LogP contribution in [0, 0.1) is 35.0 Å². The molecule has 1 aliphatic carbocycles. The van der Waals surface area contributed by atoms with Crippen molar-refractivity contribution in [1.82, 2.24) is 19.4 Å². The lowest BCUT2D eigenvalue weighted by Gasteiger charge is -2.33. The molecule has 1 saturated heterocycles. The lowest BCUT2D eigenvalue weighted by Crippen LogP contribution is -2.39. The van der Waals surface area contributed by atoms with Crippen LogP contribution >= 0.6 is 11.3 Å². The van der Waals surface area contributed by atoms with Crippen molar-refractivity contribution >= 4 is 44.0 Å². The molecule has 12 heteroatoms. The van der Waals surface area contributed by atoms with Crippen LogP contribution in [0.4, 0.5) is 24.7 Å². The summed E-state index contributed by atoms with van der Waals surface area (Å²) >= 11 is 1.30. The summed E-state index contributed by atoms with van der Waals surface area (Å²) in [5, 5.41) is 28.2. The SMILES string of the molecule is C=C(Nc1ccc(CCn2c(C#N)cc3c(C)c(CN4CCC(Nc5ncnc6sc(CCC(F)(F)F)cc56)CC4)ccc32)cc1)C1(C#N)CC1. The fourth-order valence-electron chi connectivity index (χ4n) is 7.00. The number of likely N-dealkylation sites (tertiary alicyclic amines) is 1. The topological polar surface area (TPSA) is 106 Å². The molecule has 2 aromatic carbocycles. The first-order valence-electron chi connectivity index (χ1n) is 17.3.